The molecule has 0 aliphatic carbocycles. The van der Waals surface area contributed by atoms with E-state index < -0.39 is 20.5 Å². The second-order valence-corrected chi connectivity index (χ2v) is 15.5. The zero-order valence-corrected chi connectivity index (χ0v) is 21.5. The number of imidazole rings is 1. The average Bonchev–Trinajstić information content (AvgIpc) is 3.03. The number of carbonyl (C=O) groups is 2. The highest BCUT2D eigenvalue weighted by molar-refractivity contribution is 9.10. The molecule has 1 aliphatic rings. The number of ketones is 1. The molecule has 1 amide bonds. The zero-order valence-electron chi connectivity index (χ0n) is 18.9. The van der Waals surface area contributed by atoms with Crippen molar-refractivity contribution in [2.75, 3.05) is 6.54 Å². The van der Waals surface area contributed by atoms with E-state index in [2.05, 4.69) is 54.8 Å². The summed E-state index contributed by atoms with van der Waals surface area (Å²) in [6.07, 6.45) is 2.08. The van der Waals surface area contributed by atoms with E-state index in [1.807, 2.05) is 22.8 Å². The largest absolute Gasteiger partial charge is 0.465 e. The SMILES string of the molecule is CC(C)(C)[Si](C)(C)O[C@H]1CCCN(C(=O)O)[C@@H]1CC(=O)Cn1cnc2cc(Br)ccc21. The molecule has 7 nitrogen and oxygen atoms in total. The van der Waals surface area contributed by atoms with Gasteiger partial charge in [-0.25, -0.2) is 9.78 Å². The number of likely N-dealkylation sites (tertiary alicyclic amines) is 1. The number of amides is 1. The molecule has 9 heteroatoms. The Bertz CT molecular complexity index is 969. The van der Waals surface area contributed by atoms with Gasteiger partial charge < -0.3 is 19.0 Å². The molecule has 3 rings (SSSR count). The molecule has 1 fully saturated rings. The molecule has 2 aromatic rings. The first-order chi connectivity index (χ1) is 14.4. The summed E-state index contributed by atoms with van der Waals surface area (Å²) in [4.78, 5) is 30.7. The number of nitrogens with zero attached hydrogens (tertiary/aromatic N) is 3. The van der Waals surface area contributed by atoms with E-state index in [-0.39, 0.29) is 29.9 Å². The molecule has 170 valence electrons. The van der Waals surface area contributed by atoms with Crippen LogP contribution in [0.4, 0.5) is 4.79 Å². The average molecular weight is 511 g/mol. The van der Waals surface area contributed by atoms with Crippen molar-refractivity contribution in [2.24, 2.45) is 0 Å². The molecular weight excluding hydrogens is 478 g/mol. The van der Waals surface area contributed by atoms with Crippen LogP contribution in [0.2, 0.25) is 18.1 Å². The van der Waals surface area contributed by atoms with E-state index in [9.17, 15) is 14.7 Å². The molecule has 0 radical (unpaired) electrons. The van der Waals surface area contributed by atoms with Crippen molar-refractivity contribution in [3.05, 3.63) is 29.0 Å². The summed E-state index contributed by atoms with van der Waals surface area (Å²) in [5.41, 5.74) is 1.69. The Hall–Kier alpha value is -1.71. The van der Waals surface area contributed by atoms with Crippen LogP contribution in [0.5, 0.6) is 0 Å². The van der Waals surface area contributed by atoms with E-state index in [4.69, 9.17) is 4.43 Å². The summed E-state index contributed by atoms with van der Waals surface area (Å²) in [6.45, 7) is 11.4. The molecule has 0 saturated carbocycles. The Morgan fingerprint density at radius 3 is 2.68 bits per heavy atom. The number of hydrogen-bond acceptors (Lipinski definition) is 4. The predicted molar refractivity (Wildman–Crippen MR) is 127 cm³/mol. The minimum Gasteiger partial charge on any atom is -0.465 e. The number of fused-ring (bicyclic) bond motifs is 1. The summed E-state index contributed by atoms with van der Waals surface area (Å²) in [7, 11) is -2.11. The van der Waals surface area contributed by atoms with E-state index in [0.29, 0.717) is 6.54 Å². The van der Waals surface area contributed by atoms with Crippen molar-refractivity contribution in [3.8, 4) is 0 Å². The second-order valence-electron chi connectivity index (χ2n) is 9.85. The zero-order chi connectivity index (χ0) is 23.0. The van der Waals surface area contributed by atoms with Crippen molar-refractivity contribution < 1.29 is 19.1 Å². The lowest BCUT2D eigenvalue weighted by atomic mass is 9.95. The number of carbonyl (C=O) groups excluding carboxylic acids is 1. The molecule has 1 N–H and O–H groups in total. The molecule has 1 saturated heterocycles. The minimum atomic E-state index is -2.11. The number of benzene rings is 1. The van der Waals surface area contributed by atoms with E-state index in [1.54, 1.807) is 6.33 Å². The van der Waals surface area contributed by atoms with Gasteiger partial charge in [0.2, 0.25) is 0 Å². The summed E-state index contributed by atoms with van der Waals surface area (Å²) >= 11 is 3.43. The second kappa shape index (κ2) is 9.03. The summed E-state index contributed by atoms with van der Waals surface area (Å²) < 4.78 is 9.37. The van der Waals surface area contributed by atoms with Gasteiger partial charge in [0, 0.05) is 17.4 Å². The topological polar surface area (TPSA) is 84.7 Å². The van der Waals surface area contributed by atoms with Crippen LogP contribution in [0.3, 0.4) is 0 Å². The smallest absolute Gasteiger partial charge is 0.407 e. The summed E-state index contributed by atoms with van der Waals surface area (Å²) in [5.74, 6) is -0.0239. The summed E-state index contributed by atoms with van der Waals surface area (Å²) in [6, 6.07) is 5.29. The Labute approximate surface area is 193 Å². The molecule has 0 spiro atoms. The van der Waals surface area contributed by atoms with Gasteiger partial charge in [0.15, 0.2) is 14.1 Å². The first-order valence-electron chi connectivity index (χ1n) is 10.7. The Kier molecular flexibility index (Phi) is 6.98. The van der Waals surface area contributed by atoms with E-state index >= 15 is 0 Å². The van der Waals surface area contributed by atoms with E-state index in [1.165, 1.54) is 4.90 Å². The highest BCUT2D eigenvalue weighted by atomic mass is 79.9. The number of carboxylic acid groups (broad SMARTS) is 1. The van der Waals surface area contributed by atoms with Gasteiger partial charge in [-0.05, 0) is 49.2 Å². The molecular formula is C22H32BrN3O4Si. The van der Waals surface area contributed by atoms with Crippen molar-refractivity contribution in [1.82, 2.24) is 14.5 Å². The monoisotopic (exact) mass is 509 g/mol. The maximum Gasteiger partial charge on any atom is 0.407 e. The number of hydrogen-bond donors (Lipinski definition) is 1. The van der Waals surface area contributed by atoms with Crippen LogP contribution in [-0.2, 0) is 15.8 Å². The van der Waals surface area contributed by atoms with Crippen LogP contribution < -0.4 is 0 Å². The van der Waals surface area contributed by atoms with Gasteiger partial charge in [-0.15, -0.1) is 0 Å². The number of piperidine rings is 1. The van der Waals surface area contributed by atoms with Gasteiger partial charge in [0.1, 0.15) is 0 Å². The van der Waals surface area contributed by atoms with Crippen LogP contribution in [-0.4, -0.2) is 58.4 Å². The third-order valence-electron chi connectivity index (χ3n) is 6.58. The quantitative estimate of drug-likeness (QED) is 0.534. The van der Waals surface area contributed by atoms with Gasteiger partial charge in [-0.3, -0.25) is 4.79 Å². The maximum absolute atomic E-state index is 13.0. The van der Waals surface area contributed by atoms with Gasteiger partial charge in [0.25, 0.3) is 0 Å². The van der Waals surface area contributed by atoms with Gasteiger partial charge >= 0.3 is 6.09 Å². The first kappa shape index (κ1) is 23.9. The highest BCUT2D eigenvalue weighted by Crippen LogP contribution is 2.39. The highest BCUT2D eigenvalue weighted by Gasteiger charge is 2.44. The van der Waals surface area contributed by atoms with Crippen LogP contribution in [0.15, 0.2) is 29.0 Å². The Balaban J connectivity index is 1.79. The molecule has 2 heterocycles. The van der Waals surface area contributed by atoms with Crippen LogP contribution in [0, 0.1) is 0 Å². The number of Topliss-reactive ketones (excluding diaryl/α,β-unsaturated/α-hetero) is 1. The van der Waals surface area contributed by atoms with Crippen LogP contribution in [0.1, 0.15) is 40.0 Å². The predicted octanol–water partition coefficient (Wildman–Crippen LogP) is 5.29. The normalized spacial score (nSPS) is 20.3. The van der Waals surface area contributed by atoms with Crippen LogP contribution >= 0.6 is 15.9 Å². The lowest BCUT2D eigenvalue weighted by Crippen LogP contribution is -2.56. The number of halogens is 1. The minimum absolute atomic E-state index is 0.0110. The van der Waals surface area contributed by atoms with Crippen molar-refractivity contribution >= 4 is 47.2 Å². The standard InChI is InChI=1S/C22H32BrN3O4Si/c1-22(2,3)31(4,5)30-20-7-6-10-26(21(28)29)19(20)12-16(27)13-25-14-24-17-11-15(23)8-9-18(17)25/h8-9,11,14,19-20H,6-7,10,12-13H2,1-5H3,(H,28,29)/t19-,20+/m1/s1. The Morgan fingerprint density at radius 1 is 1.32 bits per heavy atom. The van der Waals surface area contributed by atoms with Gasteiger partial charge in [0.05, 0.1) is 36.1 Å². The number of aromatic nitrogens is 2. The molecule has 1 aromatic heterocycles. The number of rotatable bonds is 6. The molecule has 31 heavy (non-hydrogen) atoms. The fourth-order valence-electron chi connectivity index (χ4n) is 3.84. The van der Waals surface area contributed by atoms with Crippen molar-refractivity contribution in [1.29, 1.82) is 0 Å². The first-order valence-corrected chi connectivity index (χ1v) is 14.4. The van der Waals surface area contributed by atoms with Gasteiger partial charge in [-0.1, -0.05) is 36.7 Å². The fourth-order valence-corrected chi connectivity index (χ4v) is 5.58. The van der Waals surface area contributed by atoms with Crippen molar-refractivity contribution in [2.45, 2.75) is 76.9 Å². The van der Waals surface area contributed by atoms with Gasteiger partial charge in [-0.2, -0.15) is 0 Å². The molecule has 2 atom stereocenters. The maximum atomic E-state index is 13.0. The van der Waals surface area contributed by atoms with E-state index in [0.717, 1.165) is 28.3 Å². The lowest BCUT2D eigenvalue weighted by Gasteiger charge is -2.45. The third kappa shape index (κ3) is 5.38. The van der Waals surface area contributed by atoms with Crippen LogP contribution in [0.25, 0.3) is 11.0 Å². The Morgan fingerprint density at radius 2 is 2.03 bits per heavy atom. The molecule has 0 bridgehead atoms. The third-order valence-corrected chi connectivity index (χ3v) is 11.6. The molecule has 0 unspecified atom stereocenters. The van der Waals surface area contributed by atoms with Crippen molar-refractivity contribution in [3.63, 3.8) is 0 Å². The molecule has 1 aromatic carbocycles. The summed E-state index contributed by atoms with van der Waals surface area (Å²) in [5, 5.41) is 9.78. The fraction of sp³-hybridized carbons (Fsp3) is 0.591. The molecule has 1 aliphatic heterocycles. The lowest BCUT2D eigenvalue weighted by molar-refractivity contribution is -0.122.